The Kier molecular flexibility index (Phi) is 8.30. The van der Waals surface area contributed by atoms with E-state index in [4.69, 9.17) is 4.74 Å². The molecule has 0 radical (unpaired) electrons. The van der Waals surface area contributed by atoms with E-state index in [1.54, 1.807) is 62.5 Å². The Morgan fingerprint density at radius 2 is 1.78 bits per heavy atom. The van der Waals surface area contributed by atoms with Gasteiger partial charge in [0, 0.05) is 31.3 Å². The number of aromatic hydroxyl groups is 1. The lowest BCUT2D eigenvalue weighted by Gasteiger charge is -2.19. The number of ether oxygens (including phenoxy) is 1. The number of rotatable bonds is 8. The Hall–Kier alpha value is -4.78. The summed E-state index contributed by atoms with van der Waals surface area (Å²) < 4.78 is 6.01. The van der Waals surface area contributed by atoms with Crippen LogP contribution in [-0.2, 0) is 11.3 Å². The van der Waals surface area contributed by atoms with E-state index < -0.39 is 17.4 Å². The summed E-state index contributed by atoms with van der Waals surface area (Å²) in [5.74, 6) is -1.37. The number of esters is 1. The molecule has 2 aromatic carbocycles. The van der Waals surface area contributed by atoms with Crippen LogP contribution in [0.1, 0.15) is 38.8 Å². The van der Waals surface area contributed by atoms with Gasteiger partial charge in [0.1, 0.15) is 17.3 Å². The Labute approximate surface area is 207 Å². The third kappa shape index (κ3) is 5.47. The molecule has 0 saturated heterocycles. The summed E-state index contributed by atoms with van der Waals surface area (Å²) in [5.41, 5.74) is -0.0287. The first kappa shape index (κ1) is 25.8. The van der Waals surface area contributed by atoms with Crippen LogP contribution >= 0.6 is 0 Å². The number of benzene rings is 2. The molecule has 0 atom stereocenters. The molecule has 1 heterocycles. The topological polar surface area (TPSA) is 137 Å². The van der Waals surface area contributed by atoms with Crippen LogP contribution < -0.4 is 5.56 Å². The van der Waals surface area contributed by atoms with Crippen LogP contribution in [-0.4, -0.2) is 46.6 Å². The summed E-state index contributed by atoms with van der Waals surface area (Å²) >= 11 is 0. The van der Waals surface area contributed by atoms with Crippen molar-refractivity contribution in [1.29, 1.82) is 5.26 Å². The number of nitriles is 1. The van der Waals surface area contributed by atoms with Crippen LogP contribution in [0.5, 0.6) is 5.88 Å². The highest BCUT2D eigenvalue weighted by atomic mass is 16.5. The maximum absolute atomic E-state index is 13.2. The fraction of sp³-hybridized carbons (Fsp3) is 0.231. The first-order valence-corrected chi connectivity index (χ1v) is 11.1. The van der Waals surface area contributed by atoms with Crippen molar-refractivity contribution in [1.82, 2.24) is 9.47 Å². The summed E-state index contributed by atoms with van der Waals surface area (Å²) in [5, 5.41) is 28.3. The summed E-state index contributed by atoms with van der Waals surface area (Å²) in [6.45, 7) is 3.33. The Balaban J connectivity index is 1.95. The van der Waals surface area contributed by atoms with Gasteiger partial charge in [-0.1, -0.05) is 30.3 Å². The number of hydrogen-bond donors (Lipinski definition) is 1. The normalized spacial score (nSPS) is 10.7. The van der Waals surface area contributed by atoms with Crippen molar-refractivity contribution in [2.24, 2.45) is 10.2 Å². The zero-order chi connectivity index (χ0) is 26.2. The first-order chi connectivity index (χ1) is 17.3. The lowest BCUT2D eigenvalue weighted by molar-refractivity contribution is 0.0527. The monoisotopic (exact) mass is 487 g/mol. The van der Waals surface area contributed by atoms with E-state index >= 15 is 0 Å². The molecule has 0 aliphatic carbocycles. The highest BCUT2D eigenvalue weighted by molar-refractivity contribution is 5.95. The second-order valence-electron chi connectivity index (χ2n) is 7.77. The van der Waals surface area contributed by atoms with E-state index in [-0.39, 0.29) is 53.7 Å². The molecule has 0 unspecified atom stereocenters. The number of carbonyl (C=O) groups is 2. The molecule has 36 heavy (non-hydrogen) atoms. The number of carbonyl (C=O) groups excluding carboxylic acids is 2. The van der Waals surface area contributed by atoms with Crippen molar-refractivity contribution < 1.29 is 19.4 Å². The smallest absolute Gasteiger partial charge is 0.340 e. The van der Waals surface area contributed by atoms with Gasteiger partial charge in [-0.25, -0.2) is 4.79 Å². The van der Waals surface area contributed by atoms with E-state index in [9.17, 15) is 24.8 Å². The fourth-order valence-electron chi connectivity index (χ4n) is 3.46. The van der Waals surface area contributed by atoms with Crippen LogP contribution in [0.4, 0.5) is 11.4 Å². The van der Waals surface area contributed by atoms with Crippen LogP contribution in [0.3, 0.4) is 0 Å². The predicted molar refractivity (Wildman–Crippen MR) is 132 cm³/mol. The minimum Gasteiger partial charge on any atom is -0.493 e. The van der Waals surface area contributed by atoms with Gasteiger partial charge in [-0.2, -0.15) is 5.26 Å². The Morgan fingerprint density at radius 1 is 1.11 bits per heavy atom. The molecule has 1 N–H and O–H groups in total. The van der Waals surface area contributed by atoms with Gasteiger partial charge in [-0.15, -0.1) is 10.2 Å². The lowest BCUT2D eigenvalue weighted by atomic mass is 10.1. The van der Waals surface area contributed by atoms with E-state index in [0.29, 0.717) is 5.56 Å². The third-order valence-electron chi connectivity index (χ3n) is 5.45. The van der Waals surface area contributed by atoms with Gasteiger partial charge in [0.05, 0.1) is 12.2 Å². The fourth-order valence-corrected chi connectivity index (χ4v) is 3.46. The Morgan fingerprint density at radius 3 is 2.44 bits per heavy atom. The van der Waals surface area contributed by atoms with Crippen molar-refractivity contribution in [3.63, 3.8) is 0 Å². The van der Waals surface area contributed by atoms with Gasteiger partial charge in [0.25, 0.3) is 11.5 Å². The van der Waals surface area contributed by atoms with Crippen molar-refractivity contribution >= 4 is 23.3 Å². The standard InChI is InChI=1S/C26H25N5O5/c1-4-36-26(35)19-12-8-9-13-21(19)28-29-22-17(2)20(16-27)24(33)31(25(22)34)15-14-30(3)23(32)18-10-6-5-7-11-18/h5-13,33H,4,14-15H2,1-3H3. The van der Waals surface area contributed by atoms with Crippen LogP contribution in [0, 0.1) is 18.3 Å². The zero-order valence-electron chi connectivity index (χ0n) is 20.1. The molecule has 0 aliphatic rings. The van der Waals surface area contributed by atoms with Gasteiger partial charge in [0.2, 0.25) is 5.88 Å². The average molecular weight is 488 g/mol. The number of amides is 1. The molecule has 10 heteroatoms. The molecule has 1 amide bonds. The number of hydrogen-bond acceptors (Lipinski definition) is 8. The number of aromatic nitrogens is 1. The van der Waals surface area contributed by atoms with Crippen molar-refractivity contribution in [2.75, 3.05) is 20.2 Å². The average Bonchev–Trinajstić information content (AvgIpc) is 2.89. The predicted octanol–water partition coefficient (Wildman–Crippen LogP) is 4.10. The van der Waals surface area contributed by atoms with E-state index in [1.165, 1.54) is 17.9 Å². The summed E-state index contributed by atoms with van der Waals surface area (Å²) in [4.78, 5) is 39.5. The van der Waals surface area contributed by atoms with Crippen molar-refractivity contribution in [2.45, 2.75) is 20.4 Å². The van der Waals surface area contributed by atoms with Gasteiger partial charge in [-0.3, -0.25) is 14.2 Å². The molecule has 0 bridgehead atoms. The maximum Gasteiger partial charge on any atom is 0.340 e. The van der Waals surface area contributed by atoms with Gasteiger partial charge >= 0.3 is 5.97 Å². The van der Waals surface area contributed by atoms with Gasteiger partial charge in [-0.05, 0) is 38.1 Å². The number of nitrogens with zero attached hydrogens (tertiary/aromatic N) is 5. The molecule has 3 aromatic rings. The number of azo groups is 1. The molecule has 0 fully saturated rings. The van der Waals surface area contributed by atoms with E-state index in [2.05, 4.69) is 10.2 Å². The molecular weight excluding hydrogens is 462 g/mol. The maximum atomic E-state index is 13.2. The lowest BCUT2D eigenvalue weighted by Crippen LogP contribution is -2.33. The number of likely N-dealkylation sites (N-methyl/N-ethyl adjacent to an activating group) is 1. The summed E-state index contributed by atoms with van der Waals surface area (Å²) in [6.07, 6.45) is 0. The number of pyridine rings is 1. The minimum absolute atomic E-state index is 0.0808. The molecule has 0 aliphatic heterocycles. The third-order valence-corrected chi connectivity index (χ3v) is 5.45. The van der Waals surface area contributed by atoms with Crippen LogP contribution in [0.15, 0.2) is 69.6 Å². The summed E-state index contributed by atoms with van der Waals surface area (Å²) in [7, 11) is 1.57. The summed E-state index contributed by atoms with van der Waals surface area (Å²) in [6, 6.07) is 16.9. The first-order valence-electron chi connectivity index (χ1n) is 11.1. The quantitative estimate of drug-likeness (QED) is 0.375. The van der Waals surface area contributed by atoms with Crippen LogP contribution in [0.25, 0.3) is 0 Å². The Bertz CT molecular complexity index is 1410. The van der Waals surface area contributed by atoms with Crippen LogP contribution in [0.2, 0.25) is 0 Å². The highest BCUT2D eigenvalue weighted by Gasteiger charge is 2.21. The SMILES string of the molecule is CCOC(=O)c1ccccc1N=Nc1c(C)c(C#N)c(O)n(CCN(C)C(=O)c2ccccc2)c1=O. The molecule has 10 nitrogen and oxygen atoms in total. The van der Waals surface area contributed by atoms with Gasteiger partial charge < -0.3 is 14.7 Å². The second kappa shape index (κ2) is 11.6. The minimum atomic E-state index is -0.693. The van der Waals surface area contributed by atoms with Crippen molar-refractivity contribution in [3.05, 3.63) is 87.2 Å². The molecule has 3 rings (SSSR count). The highest BCUT2D eigenvalue weighted by Crippen LogP contribution is 2.28. The second-order valence-corrected chi connectivity index (χ2v) is 7.77. The van der Waals surface area contributed by atoms with Crippen molar-refractivity contribution in [3.8, 4) is 11.9 Å². The molecular formula is C26H25N5O5. The van der Waals surface area contributed by atoms with E-state index in [0.717, 1.165) is 4.57 Å². The zero-order valence-corrected chi connectivity index (χ0v) is 20.1. The molecule has 184 valence electrons. The molecule has 1 aromatic heterocycles. The molecule has 0 saturated carbocycles. The molecule has 0 spiro atoms. The van der Waals surface area contributed by atoms with E-state index in [1.807, 2.05) is 6.07 Å². The van der Waals surface area contributed by atoms with Gasteiger partial charge in [0.15, 0.2) is 5.69 Å². The largest absolute Gasteiger partial charge is 0.493 e.